The third-order valence-electron chi connectivity index (χ3n) is 4.51. The van der Waals surface area contributed by atoms with Crippen LogP contribution in [0.5, 0.6) is 5.75 Å². The van der Waals surface area contributed by atoms with Crippen LogP contribution in [0.4, 0.5) is 0 Å². The zero-order chi connectivity index (χ0) is 18.4. The summed E-state index contributed by atoms with van der Waals surface area (Å²) in [5.74, 6) is 0.732. The van der Waals surface area contributed by atoms with E-state index in [1.807, 2.05) is 31.2 Å². The predicted octanol–water partition coefficient (Wildman–Crippen LogP) is 2.25. The number of methoxy groups -OCH3 is 1. The number of carbonyl (C=O) groups excluding carboxylic acids is 1. The Labute approximate surface area is 150 Å². The number of amides is 1. The van der Waals surface area contributed by atoms with E-state index in [4.69, 9.17) is 4.74 Å². The summed E-state index contributed by atoms with van der Waals surface area (Å²) in [5, 5.41) is 0. The van der Waals surface area contributed by atoms with E-state index in [1.54, 1.807) is 19.1 Å². The molecule has 1 unspecified atom stereocenters. The van der Waals surface area contributed by atoms with Crippen molar-refractivity contribution in [2.45, 2.75) is 45.2 Å². The normalized spacial score (nSPS) is 18.8. The minimum Gasteiger partial charge on any atom is -0.497 e. The van der Waals surface area contributed by atoms with Gasteiger partial charge in [0.05, 0.1) is 12.9 Å². The van der Waals surface area contributed by atoms with Crippen molar-refractivity contribution >= 4 is 15.9 Å². The average Bonchev–Trinajstić information content (AvgIpc) is 2.61. The fourth-order valence-corrected chi connectivity index (χ4v) is 4.94. The molecular weight excluding hydrogens is 340 g/mol. The van der Waals surface area contributed by atoms with Gasteiger partial charge in [0.2, 0.25) is 15.9 Å². The zero-order valence-electron chi connectivity index (χ0n) is 15.3. The number of likely N-dealkylation sites (N-methyl/N-ethyl adjacent to an activating group) is 1. The van der Waals surface area contributed by atoms with Gasteiger partial charge in [0.25, 0.3) is 0 Å². The fourth-order valence-electron chi connectivity index (χ4n) is 3.20. The van der Waals surface area contributed by atoms with Crippen molar-refractivity contribution < 1.29 is 17.9 Å². The first kappa shape index (κ1) is 19.7. The number of hydrogen-bond acceptors (Lipinski definition) is 4. The molecule has 0 N–H and O–H groups in total. The predicted molar refractivity (Wildman–Crippen MR) is 97.9 cm³/mol. The third-order valence-corrected chi connectivity index (χ3v) is 6.59. The van der Waals surface area contributed by atoms with Crippen LogP contribution in [0.15, 0.2) is 24.3 Å². The van der Waals surface area contributed by atoms with E-state index in [0.29, 0.717) is 25.9 Å². The third kappa shape index (κ3) is 4.95. The number of nitrogens with zero attached hydrogens (tertiary/aromatic N) is 2. The lowest BCUT2D eigenvalue weighted by atomic mass is 10.0. The van der Waals surface area contributed by atoms with Crippen LogP contribution in [0.1, 0.15) is 38.2 Å². The van der Waals surface area contributed by atoms with E-state index >= 15 is 0 Å². The second-order valence-electron chi connectivity index (χ2n) is 6.48. The highest BCUT2D eigenvalue weighted by atomic mass is 32.2. The first-order valence-electron chi connectivity index (χ1n) is 8.76. The van der Waals surface area contributed by atoms with Gasteiger partial charge in [-0.1, -0.05) is 25.5 Å². The van der Waals surface area contributed by atoms with Gasteiger partial charge in [0, 0.05) is 20.1 Å². The van der Waals surface area contributed by atoms with Gasteiger partial charge >= 0.3 is 0 Å². The standard InChI is InChI=1S/C18H28N2O4S/c1-4-13-25(22,23)20-12-6-5-7-17(20)18(21)19(2)14-15-8-10-16(24-3)11-9-15/h8-11,17H,4-7,12-14H2,1-3H3. The molecule has 25 heavy (non-hydrogen) atoms. The molecule has 140 valence electrons. The van der Waals surface area contributed by atoms with E-state index in [1.165, 1.54) is 4.31 Å². The Kier molecular flexibility index (Phi) is 6.84. The van der Waals surface area contributed by atoms with Crippen LogP contribution in [0, 0.1) is 0 Å². The van der Waals surface area contributed by atoms with Crippen LogP contribution < -0.4 is 4.74 Å². The Morgan fingerprint density at radius 3 is 2.56 bits per heavy atom. The summed E-state index contributed by atoms with van der Waals surface area (Å²) in [7, 11) is -0.0355. The van der Waals surface area contributed by atoms with E-state index in [-0.39, 0.29) is 11.7 Å². The molecule has 0 aromatic heterocycles. The number of rotatable bonds is 7. The van der Waals surface area contributed by atoms with E-state index in [9.17, 15) is 13.2 Å². The summed E-state index contributed by atoms with van der Waals surface area (Å²) >= 11 is 0. The number of piperidine rings is 1. The van der Waals surface area contributed by atoms with Gasteiger partial charge in [0.1, 0.15) is 11.8 Å². The molecule has 2 rings (SSSR count). The molecule has 1 atom stereocenters. The highest BCUT2D eigenvalue weighted by Crippen LogP contribution is 2.23. The lowest BCUT2D eigenvalue weighted by molar-refractivity contribution is -0.135. The van der Waals surface area contributed by atoms with Gasteiger partial charge in [0.15, 0.2) is 0 Å². The number of sulfonamides is 1. The molecule has 0 bridgehead atoms. The summed E-state index contributed by atoms with van der Waals surface area (Å²) in [6, 6.07) is 6.96. The Bertz CT molecular complexity index is 673. The highest BCUT2D eigenvalue weighted by Gasteiger charge is 2.37. The number of hydrogen-bond donors (Lipinski definition) is 0. The van der Waals surface area contributed by atoms with Crippen LogP contribution in [-0.4, -0.2) is 56.0 Å². The summed E-state index contributed by atoms with van der Waals surface area (Å²) in [6.07, 6.45) is 2.84. The van der Waals surface area contributed by atoms with Gasteiger partial charge < -0.3 is 9.64 Å². The number of ether oxygens (including phenoxy) is 1. The largest absolute Gasteiger partial charge is 0.497 e. The van der Waals surface area contributed by atoms with Crippen molar-refractivity contribution in [2.75, 3.05) is 26.5 Å². The molecule has 0 saturated carbocycles. The molecule has 0 spiro atoms. The fraction of sp³-hybridized carbons (Fsp3) is 0.611. The maximum atomic E-state index is 12.9. The summed E-state index contributed by atoms with van der Waals surface area (Å²) in [6.45, 7) is 2.73. The van der Waals surface area contributed by atoms with Crippen molar-refractivity contribution in [2.24, 2.45) is 0 Å². The summed E-state index contributed by atoms with van der Waals surface area (Å²) < 4.78 is 31.5. The smallest absolute Gasteiger partial charge is 0.241 e. The van der Waals surface area contributed by atoms with E-state index in [2.05, 4.69) is 0 Å². The Balaban J connectivity index is 2.09. The van der Waals surface area contributed by atoms with E-state index in [0.717, 1.165) is 24.2 Å². The molecule has 1 aromatic carbocycles. The molecule has 0 radical (unpaired) electrons. The van der Waals surface area contributed by atoms with Crippen LogP contribution >= 0.6 is 0 Å². The van der Waals surface area contributed by atoms with Crippen molar-refractivity contribution in [3.05, 3.63) is 29.8 Å². The lowest BCUT2D eigenvalue weighted by Crippen LogP contribution is -2.52. The van der Waals surface area contributed by atoms with Crippen LogP contribution in [0.3, 0.4) is 0 Å². The van der Waals surface area contributed by atoms with Gasteiger partial charge in [-0.15, -0.1) is 0 Å². The van der Waals surface area contributed by atoms with Gasteiger partial charge in [-0.05, 0) is 37.0 Å². The van der Waals surface area contributed by atoms with Crippen molar-refractivity contribution in [3.8, 4) is 5.75 Å². The second-order valence-corrected chi connectivity index (χ2v) is 8.52. The Morgan fingerprint density at radius 2 is 1.96 bits per heavy atom. The van der Waals surface area contributed by atoms with Crippen molar-refractivity contribution in [1.29, 1.82) is 0 Å². The molecule has 1 heterocycles. The summed E-state index contributed by atoms with van der Waals surface area (Å²) in [4.78, 5) is 14.5. The van der Waals surface area contributed by atoms with Crippen LogP contribution in [0.25, 0.3) is 0 Å². The SMILES string of the molecule is CCCS(=O)(=O)N1CCCCC1C(=O)N(C)Cc1ccc(OC)cc1. The molecule has 1 aromatic rings. The zero-order valence-corrected chi connectivity index (χ0v) is 16.1. The first-order chi connectivity index (χ1) is 11.9. The molecular formula is C18H28N2O4S. The average molecular weight is 368 g/mol. The molecule has 7 heteroatoms. The maximum absolute atomic E-state index is 12.9. The number of benzene rings is 1. The highest BCUT2D eigenvalue weighted by molar-refractivity contribution is 7.89. The van der Waals surface area contributed by atoms with Gasteiger partial charge in [-0.2, -0.15) is 4.31 Å². The van der Waals surface area contributed by atoms with Gasteiger partial charge in [-0.3, -0.25) is 4.79 Å². The monoisotopic (exact) mass is 368 g/mol. The molecule has 1 aliphatic heterocycles. The minimum atomic E-state index is -3.37. The minimum absolute atomic E-state index is 0.0962. The Morgan fingerprint density at radius 1 is 1.28 bits per heavy atom. The number of carbonyl (C=O) groups is 1. The van der Waals surface area contributed by atoms with Crippen molar-refractivity contribution in [3.63, 3.8) is 0 Å². The van der Waals surface area contributed by atoms with Crippen molar-refractivity contribution in [1.82, 2.24) is 9.21 Å². The lowest BCUT2D eigenvalue weighted by Gasteiger charge is -2.35. The maximum Gasteiger partial charge on any atom is 0.241 e. The second kappa shape index (κ2) is 8.67. The molecule has 6 nitrogen and oxygen atoms in total. The quantitative estimate of drug-likeness (QED) is 0.740. The first-order valence-corrected chi connectivity index (χ1v) is 10.4. The molecule has 1 amide bonds. The summed E-state index contributed by atoms with van der Waals surface area (Å²) in [5.41, 5.74) is 0.982. The molecule has 0 aliphatic carbocycles. The van der Waals surface area contributed by atoms with Gasteiger partial charge in [-0.25, -0.2) is 8.42 Å². The molecule has 1 aliphatic rings. The topological polar surface area (TPSA) is 66.9 Å². The molecule has 1 saturated heterocycles. The van der Waals surface area contributed by atoms with E-state index < -0.39 is 16.1 Å². The Hall–Kier alpha value is -1.60. The molecule has 1 fully saturated rings. The van der Waals surface area contributed by atoms with Crippen LogP contribution in [-0.2, 0) is 21.4 Å². The van der Waals surface area contributed by atoms with Crippen LogP contribution in [0.2, 0.25) is 0 Å².